The lowest BCUT2D eigenvalue weighted by molar-refractivity contribution is -0.131. The summed E-state index contributed by atoms with van der Waals surface area (Å²) >= 11 is 0.858. The average Bonchev–Trinajstić information content (AvgIpc) is 3.04. The first-order chi connectivity index (χ1) is 11.6. The van der Waals surface area contributed by atoms with E-state index in [0.717, 1.165) is 17.3 Å². The Balaban J connectivity index is 1.83. The van der Waals surface area contributed by atoms with Crippen LogP contribution < -0.4 is 0 Å². The lowest BCUT2D eigenvalue weighted by Gasteiger charge is -1.99. The second-order valence-corrected chi connectivity index (χ2v) is 5.70. The molecule has 0 bridgehead atoms. The third kappa shape index (κ3) is 3.88. The Morgan fingerprint density at radius 3 is 2.46 bits per heavy atom. The maximum absolute atomic E-state index is 12.9. The number of carboxylic acids is 1. The van der Waals surface area contributed by atoms with E-state index in [2.05, 4.69) is 10.2 Å². The topological polar surface area (TPSA) is 76.2 Å². The van der Waals surface area contributed by atoms with Gasteiger partial charge in [-0.1, -0.05) is 30.3 Å². The number of thioether (sulfide) groups is 1. The Labute approximate surface area is 140 Å². The zero-order valence-corrected chi connectivity index (χ0v) is 13.0. The summed E-state index contributed by atoms with van der Waals surface area (Å²) in [6.07, 6.45) is 1.52. The number of halogens is 1. The molecule has 0 aliphatic carbocycles. The van der Waals surface area contributed by atoms with Crippen molar-refractivity contribution in [3.8, 4) is 11.5 Å². The normalized spacial score (nSPS) is 11.5. The van der Waals surface area contributed by atoms with E-state index in [-0.39, 0.29) is 21.8 Å². The lowest BCUT2D eigenvalue weighted by Crippen LogP contribution is -1.96. The summed E-state index contributed by atoms with van der Waals surface area (Å²) in [5, 5.41) is 17.1. The molecule has 0 fully saturated rings. The summed E-state index contributed by atoms with van der Waals surface area (Å²) in [7, 11) is 0. The summed E-state index contributed by atoms with van der Waals surface area (Å²) < 4.78 is 18.4. The van der Waals surface area contributed by atoms with Crippen molar-refractivity contribution in [3.63, 3.8) is 0 Å². The Hall–Kier alpha value is -2.93. The molecule has 0 unspecified atom stereocenters. The smallest absolute Gasteiger partial charge is 0.342 e. The van der Waals surface area contributed by atoms with Gasteiger partial charge in [0.1, 0.15) is 10.7 Å². The minimum Gasteiger partial charge on any atom is -0.477 e. The van der Waals surface area contributed by atoms with Crippen LogP contribution in [0.2, 0.25) is 0 Å². The zero-order valence-electron chi connectivity index (χ0n) is 12.2. The number of carbonyl (C=O) groups is 1. The molecule has 0 saturated heterocycles. The molecule has 1 aromatic heterocycles. The second-order valence-electron chi connectivity index (χ2n) is 4.71. The molecular formula is C17H11FN2O3S. The first-order valence-corrected chi connectivity index (χ1v) is 7.71. The molecular weight excluding hydrogens is 331 g/mol. The predicted octanol–water partition coefficient (Wildman–Crippen LogP) is 4.09. The van der Waals surface area contributed by atoms with Gasteiger partial charge in [0.2, 0.25) is 5.89 Å². The highest BCUT2D eigenvalue weighted by Gasteiger charge is 2.16. The van der Waals surface area contributed by atoms with Crippen LogP contribution in [0.1, 0.15) is 5.56 Å². The van der Waals surface area contributed by atoms with Crippen LogP contribution in [-0.4, -0.2) is 21.3 Å². The molecule has 0 saturated carbocycles. The van der Waals surface area contributed by atoms with Crippen LogP contribution in [0, 0.1) is 5.82 Å². The van der Waals surface area contributed by atoms with E-state index in [1.54, 1.807) is 12.1 Å². The molecule has 120 valence electrons. The fourth-order valence-electron chi connectivity index (χ4n) is 1.89. The van der Waals surface area contributed by atoms with Crippen molar-refractivity contribution < 1.29 is 18.7 Å². The highest BCUT2D eigenvalue weighted by molar-refractivity contribution is 8.03. The predicted molar refractivity (Wildman–Crippen MR) is 87.6 cm³/mol. The van der Waals surface area contributed by atoms with Crippen LogP contribution in [0.3, 0.4) is 0 Å². The number of carboxylic acid groups (broad SMARTS) is 1. The minimum atomic E-state index is -1.09. The van der Waals surface area contributed by atoms with Crippen molar-refractivity contribution in [2.45, 2.75) is 5.22 Å². The van der Waals surface area contributed by atoms with E-state index in [1.165, 1.54) is 30.3 Å². The van der Waals surface area contributed by atoms with Crippen LogP contribution in [0.15, 0.2) is 69.1 Å². The van der Waals surface area contributed by atoms with Gasteiger partial charge in [-0.05, 0) is 47.7 Å². The molecule has 5 nitrogen and oxygen atoms in total. The molecule has 0 aliphatic rings. The summed E-state index contributed by atoms with van der Waals surface area (Å²) in [6.45, 7) is 0. The minimum absolute atomic E-state index is 0.0514. The quantitative estimate of drug-likeness (QED) is 0.556. The van der Waals surface area contributed by atoms with Crippen LogP contribution in [0.5, 0.6) is 0 Å². The number of hydrogen-bond acceptors (Lipinski definition) is 5. The van der Waals surface area contributed by atoms with Gasteiger partial charge in [0.15, 0.2) is 0 Å². The molecule has 3 rings (SSSR count). The molecule has 0 spiro atoms. The largest absolute Gasteiger partial charge is 0.477 e. The molecule has 2 aromatic carbocycles. The van der Waals surface area contributed by atoms with Gasteiger partial charge in [-0.15, -0.1) is 10.2 Å². The van der Waals surface area contributed by atoms with Gasteiger partial charge in [0, 0.05) is 5.56 Å². The Morgan fingerprint density at radius 1 is 1.08 bits per heavy atom. The fraction of sp³-hybridized carbons (Fsp3) is 0. The first kappa shape index (κ1) is 15.9. The summed E-state index contributed by atoms with van der Waals surface area (Å²) in [5.74, 6) is -1.26. The average molecular weight is 342 g/mol. The number of hydrogen-bond donors (Lipinski definition) is 1. The number of aliphatic carboxylic acids is 1. The molecule has 0 radical (unpaired) electrons. The second kappa shape index (κ2) is 7.10. The van der Waals surface area contributed by atoms with E-state index in [0.29, 0.717) is 5.56 Å². The van der Waals surface area contributed by atoms with Crippen molar-refractivity contribution in [1.29, 1.82) is 0 Å². The van der Waals surface area contributed by atoms with E-state index in [1.807, 2.05) is 18.2 Å². The van der Waals surface area contributed by atoms with Gasteiger partial charge in [0.25, 0.3) is 5.22 Å². The van der Waals surface area contributed by atoms with E-state index < -0.39 is 5.97 Å². The molecule has 1 heterocycles. The molecule has 1 N–H and O–H groups in total. The van der Waals surface area contributed by atoms with E-state index in [9.17, 15) is 14.3 Å². The van der Waals surface area contributed by atoms with Gasteiger partial charge in [-0.3, -0.25) is 0 Å². The molecule has 24 heavy (non-hydrogen) atoms. The SMILES string of the molecule is O=C(O)/C(=C\c1ccccc1)Sc1nnc(-c2ccc(F)cc2)o1. The highest BCUT2D eigenvalue weighted by Crippen LogP contribution is 2.29. The van der Waals surface area contributed by atoms with E-state index >= 15 is 0 Å². The first-order valence-electron chi connectivity index (χ1n) is 6.89. The van der Waals surface area contributed by atoms with Crippen molar-refractivity contribution in [3.05, 3.63) is 70.9 Å². The van der Waals surface area contributed by atoms with Gasteiger partial charge >= 0.3 is 5.97 Å². The van der Waals surface area contributed by atoms with Crippen LogP contribution in [0.4, 0.5) is 4.39 Å². The van der Waals surface area contributed by atoms with Crippen molar-refractivity contribution in [2.75, 3.05) is 0 Å². The van der Waals surface area contributed by atoms with Gasteiger partial charge < -0.3 is 9.52 Å². The van der Waals surface area contributed by atoms with E-state index in [4.69, 9.17) is 4.42 Å². The third-order valence-electron chi connectivity index (χ3n) is 3.00. The number of nitrogens with zero attached hydrogens (tertiary/aromatic N) is 2. The van der Waals surface area contributed by atoms with Crippen molar-refractivity contribution in [1.82, 2.24) is 10.2 Å². The zero-order chi connectivity index (χ0) is 16.9. The molecule has 0 atom stereocenters. The van der Waals surface area contributed by atoms with Gasteiger partial charge in [-0.25, -0.2) is 9.18 Å². The summed E-state index contributed by atoms with van der Waals surface area (Å²) in [5.41, 5.74) is 1.31. The third-order valence-corrected chi connectivity index (χ3v) is 3.86. The number of rotatable bonds is 5. The monoisotopic (exact) mass is 342 g/mol. The van der Waals surface area contributed by atoms with Crippen molar-refractivity contribution >= 4 is 23.8 Å². The number of aromatic nitrogens is 2. The molecule has 0 amide bonds. The molecule has 0 aliphatic heterocycles. The van der Waals surface area contributed by atoms with Crippen molar-refractivity contribution in [2.24, 2.45) is 0 Å². The maximum Gasteiger partial charge on any atom is 0.342 e. The summed E-state index contributed by atoms with van der Waals surface area (Å²) in [4.78, 5) is 11.5. The van der Waals surface area contributed by atoms with Gasteiger partial charge in [-0.2, -0.15) is 0 Å². The highest BCUT2D eigenvalue weighted by atomic mass is 32.2. The summed E-state index contributed by atoms with van der Waals surface area (Å²) in [6, 6.07) is 14.6. The Kier molecular flexibility index (Phi) is 4.72. The maximum atomic E-state index is 12.9. The standard InChI is InChI=1S/C17H11FN2O3S/c18-13-8-6-12(7-9-13)15-19-20-17(23-15)24-14(16(21)22)10-11-4-2-1-3-5-11/h1-10H,(H,21,22)/b14-10+. The van der Waals surface area contributed by atoms with Crippen LogP contribution in [-0.2, 0) is 4.79 Å². The van der Waals surface area contributed by atoms with Crippen LogP contribution in [0.25, 0.3) is 17.5 Å². The Bertz CT molecular complexity index is 876. The van der Waals surface area contributed by atoms with Crippen LogP contribution >= 0.6 is 11.8 Å². The fourth-order valence-corrected chi connectivity index (χ4v) is 2.56. The van der Waals surface area contributed by atoms with Gasteiger partial charge in [0.05, 0.1) is 0 Å². The lowest BCUT2D eigenvalue weighted by atomic mass is 10.2. The number of benzene rings is 2. The Morgan fingerprint density at radius 2 is 1.79 bits per heavy atom. The molecule has 7 heteroatoms. The molecule has 3 aromatic rings.